The number of rotatable bonds is 2. The molecule has 0 bridgehead atoms. The molecule has 0 amide bonds. The largest absolute Gasteiger partial charge is 0.452 e. The molecule has 16 heavy (non-hydrogen) atoms. The number of carbonyl (C=O) groups excluding carboxylic acids is 1. The van der Waals surface area contributed by atoms with Gasteiger partial charge in [-0.3, -0.25) is 4.79 Å². The van der Waals surface area contributed by atoms with Crippen molar-refractivity contribution < 1.29 is 9.21 Å². The van der Waals surface area contributed by atoms with Gasteiger partial charge in [-0.1, -0.05) is 13.8 Å². The molecule has 0 aliphatic heterocycles. The van der Waals surface area contributed by atoms with Gasteiger partial charge in [0, 0.05) is 5.92 Å². The van der Waals surface area contributed by atoms with Crippen molar-refractivity contribution in [1.29, 1.82) is 0 Å². The van der Waals surface area contributed by atoms with E-state index in [4.69, 9.17) is 16.0 Å². The van der Waals surface area contributed by atoms with Crippen LogP contribution in [0.4, 0.5) is 0 Å². The lowest BCUT2D eigenvalue weighted by molar-refractivity contribution is 0.0837. The van der Waals surface area contributed by atoms with Crippen LogP contribution in [0, 0.1) is 17.8 Å². The zero-order valence-corrected chi connectivity index (χ0v) is 10.5. The predicted octanol–water partition coefficient (Wildman–Crippen LogP) is 4.19. The van der Waals surface area contributed by atoms with Crippen LogP contribution in [0.25, 0.3) is 0 Å². The highest BCUT2D eigenvalue weighted by molar-refractivity contribution is 6.32. The van der Waals surface area contributed by atoms with E-state index in [1.807, 2.05) is 0 Å². The predicted molar refractivity (Wildman–Crippen MR) is 63.7 cm³/mol. The molecule has 2 nitrogen and oxygen atoms in total. The fraction of sp³-hybridized carbons (Fsp3) is 0.615. The first-order chi connectivity index (χ1) is 7.59. The van der Waals surface area contributed by atoms with E-state index in [0.717, 1.165) is 25.2 Å². The monoisotopic (exact) mass is 240 g/mol. The Morgan fingerprint density at radius 3 is 2.69 bits per heavy atom. The molecule has 1 aromatic rings. The Labute approximate surface area is 101 Å². The van der Waals surface area contributed by atoms with E-state index in [1.54, 1.807) is 6.07 Å². The summed E-state index contributed by atoms with van der Waals surface area (Å²) in [4.78, 5) is 12.2. The Balaban J connectivity index is 2.09. The molecular formula is C13H17ClO2. The molecule has 1 fully saturated rings. The summed E-state index contributed by atoms with van der Waals surface area (Å²) < 4.78 is 4.97. The van der Waals surface area contributed by atoms with Crippen molar-refractivity contribution >= 4 is 17.4 Å². The van der Waals surface area contributed by atoms with Crippen molar-refractivity contribution in [2.45, 2.75) is 33.1 Å². The lowest BCUT2D eigenvalue weighted by atomic mass is 9.73. The van der Waals surface area contributed by atoms with E-state index < -0.39 is 0 Å². The number of furan rings is 1. The maximum Gasteiger partial charge on any atom is 0.203 e. The summed E-state index contributed by atoms with van der Waals surface area (Å²) >= 11 is 5.83. The average molecular weight is 241 g/mol. The highest BCUT2D eigenvalue weighted by atomic mass is 35.5. The minimum absolute atomic E-state index is 0.126. The summed E-state index contributed by atoms with van der Waals surface area (Å²) in [5, 5.41) is 0.233. The molecule has 1 heterocycles. The minimum atomic E-state index is 0.126. The third-order valence-electron chi connectivity index (χ3n) is 3.85. The summed E-state index contributed by atoms with van der Waals surface area (Å²) in [6.07, 6.45) is 4.56. The third-order valence-corrected chi connectivity index (χ3v) is 4.15. The number of ketones is 1. The second-order valence-corrected chi connectivity index (χ2v) is 5.28. The Morgan fingerprint density at radius 1 is 1.38 bits per heavy atom. The molecule has 0 radical (unpaired) electrons. The van der Waals surface area contributed by atoms with Crippen LogP contribution < -0.4 is 0 Å². The summed E-state index contributed by atoms with van der Waals surface area (Å²) in [7, 11) is 0. The molecule has 3 unspecified atom stereocenters. The Morgan fingerprint density at radius 2 is 2.12 bits per heavy atom. The van der Waals surface area contributed by atoms with Crippen molar-refractivity contribution in [3.8, 4) is 0 Å². The maximum absolute atomic E-state index is 12.2. The standard InChI is InChI=1S/C13H17ClO2/c1-8-3-4-10(7-9(8)2)12(15)11-5-6-16-13(11)14/h5-6,8-10H,3-4,7H2,1-2H3. The molecule has 1 aromatic heterocycles. The van der Waals surface area contributed by atoms with Crippen LogP contribution in [0.15, 0.2) is 16.7 Å². The van der Waals surface area contributed by atoms with E-state index in [1.165, 1.54) is 6.26 Å². The fourth-order valence-corrected chi connectivity index (χ4v) is 2.68. The van der Waals surface area contributed by atoms with Crippen LogP contribution in [0.5, 0.6) is 0 Å². The number of hydrogen-bond acceptors (Lipinski definition) is 2. The third kappa shape index (κ3) is 2.17. The number of carbonyl (C=O) groups is 1. The smallest absolute Gasteiger partial charge is 0.203 e. The van der Waals surface area contributed by atoms with Crippen molar-refractivity contribution in [2.24, 2.45) is 17.8 Å². The first-order valence-corrected chi connectivity index (χ1v) is 6.24. The highest BCUT2D eigenvalue weighted by Gasteiger charge is 2.31. The van der Waals surface area contributed by atoms with Gasteiger partial charge in [-0.15, -0.1) is 0 Å². The number of halogens is 1. The first-order valence-electron chi connectivity index (χ1n) is 5.86. The Kier molecular flexibility index (Phi) is 3.38. The maximum atomic E-state index is 12.2. The summed E-state index contributed by atoms with van der Waals surface area (Å²) in [5.74, 6) is 1.62. The Bertz CT molecular complexity index is 383. The van der Waals surface area contributed by atoms with Gasteiger partial charge < -0.3 is 4.42 Å². The second kappa shape index (κ2) is 4.62. The zero-order chi connectivity index (χ0) is 11.7. The summed E-state index contributed by atoms with van der Waals surface area (Å²) in [6.45, 7) is 4.48. The molecular weight excluding hydrogens is 224 g/mol. The molecule has 1 saturated carbocycles. The van der Waals surface area contributed by atoms with Gasteiger partial charge in [0.25, 0.3) is 0 Å². The van der Waals surface area contributed by atoms with Crippen LogP contribution in [-0.2, 0) is 0 Å². The van der Waals surface area contributed by atoms with Crippen LogP contribution >= 0.6 is 11.6 Å². The SMILES string of the molecule is CC1CCC(C(=O)c2ccoc2Cl)CC1C. The van der Waals surface area contributed by atoms with Crippen molar-refractivity contribution in [1.82, 2.24) is 0 Å². The summed E-state index contributed by atoms with van der Waals surface area (Å²) in [5.41, 5.74) is 0.549. The van der Waals surface area contributed by atoms with Gasteiger partial charge in [0.15, 0.2) is 5.78 Å². The van der Waals surface area contributed by atoms with Crippen molar-refractivity contribution in [2.75, 3.05) is 0 Å². The quantitative estimate of drug-likeness (QED) is 0.726. The molecule has 0 spiro atoms. The summed E-state index contributed by atoms with van der Waals surface area (Å²) in [6, 6.07) is 1.67. The van der Waals surface area contributed by atoms with Gasteiger partial charge in [-0.25, -0.2) is 0 Å². The molecule has 3 atom stereocenters. The molecule has 88 valence electrons. The normalized spacial score (nSPS) is 30.3. The topological polar surface area (TPSA) is 30.2 Å². The molecule has 3 heteroatoms. The Hall–Kier alpha value is -0.760. The molecule has 1 aliphatic carbocycles. The van der Waals surface area contributed by atoms with Gasteiger partial charge in [0.1, 0.15) is 0 Å². The second-order valence-electron chi connectivity index (χ2n) is 4.94. The van der Waals surface area contributed by atoms with Gasteiger partial charge in [-0.05, 0) is 48.8 Å². The number of Topliss-reactive ketones (excluding diaryl/α,β-unsaturated/α-hetero) is 1. The highest BCUT2D eigenvalue weighted by Crippen LogP contribution is 2.36. The molecule has 0 saturated heterocycles. The van der Waals surface area contributed by atoms with Gasteiger partial charge >= 0.3 is 0 Å². The number of hydrogen-bond donors (Lipinski definition) is 0. The van der Waals surface area contributed by atoms with E-state index in [9.17, 15) is 4.79 Å². The van der Waals surface area contributed by atoms with E-state index >= 15 is 0 Å². The first kappa shape index (κ1) is 11.7. The van der Waals surface area contributed by atoms with Crippen LogP contribution in [0.1, 0.15) is 43.5 Å². The molecule has 1 aliphatic rings. The van der Waals surface area contributed by atoms with Crippen molar-refractivity contribution in [3.63, 3.8) is 0 Å². The van der Waals surface area contributed by atoms with E-state index in [0.29, 0.717) is 11.5 Å². The fourth-order valence-electron chi connectivity index (χ4n) is 2.48. The van der Waals surface area contributed by atoms with Crippen LogP contribution in [-0.4, -0.2) is 5.78 Å². The van der Waals surface area contributed by atoms with E-state index in [-0.39, 0.29) is 16.9 Å². The van der Waals surface area contributed by atoms with Crippen LogP contribution in [0.3, 0.4) is 0 Å². The van der Waals surface area contributed by atoms with Gasteiger partial charge in [0.2, 0.25) is 5.22 Å². The van der Waals surface area contributed by atoms with Gasteiger partial charge in [-0.2, -0.15) is 0 Å². The van der Waals surface area contributed by atoms with Crippen molar-refractivity contribution in [3.05, 3.63) is 23.1 Å². The zero-order valence-electron chi connectivity index (χ0n) is 9.70. The average Bonchev–Trinajstić information content (AvgIpc) is 2.67. The molecule has 0 N–H and O–H groups in total. The molecule has 0 aromatic carbocycles. The minimum Gasteiger partial charge on any atom is -0.452 e. The lowest BCUT2D eigenvalue weighted by Gasteiger charge is -2.30. The molecule has 2 rings (SSSR count). The van der Waals surface area contributed by atoms with E-state index in [2.05, 4.69) is 13.8 Å². The van der Waals surface area contributed by atoms with Gasteiger partial charge in [0.05, 0.1) is 11.8 Å². The van der Waals surface area contributed by atoms with Crippen LogP contribution in [0.2, 0.25) is 5.22 Å². The lowest BCUT2D eigenvalue weighted by Crippen LogP contribution is -2.26.